The summed E-state index contributed by atoms with van der Waals surface area (Å²) in [5.41, 5.74) is 2.05. The van der Waals surface area contributed by atoms with E-state index >= 15 is 0 Å². The van der Waals surface area contributed by atoms with Crippen molar-refractivity contribution in [3.05, 3.63) is 16.4 Å². The molecule has 0 spiro atoms. The minimum atomic E-state index is 0.564. The van der Waals surface area contributed by atoms with Gasteiger partial charge in [-0.15, -0.1) is 11.6 Å². The van der Waals surface area contributed by atoms with Crippen LogP contribution in [0.3, 0.4) is 0 Å². The molecule has 0 aliphatic rings. The number of rotatable bonds is 6. The Bertz CT molecular complexity index is 339. The van der Waals surface area contributed by atoms with Gasteiger partial charge >= 0.3 is 0 Å². The van der Waals surface area contributed by atoms with Gasteiger partial charge in [-0.3, -0.25) is 4.68 Å². The van der Waals surface area contributed by atoms with Crippen molar-refractivity contribution in [1.82, 2.24) is 9.78 Å². The molecule has 1 unspecified atom stereocenters. The van der Waals surface area contributed by atoms with E-state index in [1.807, 2.05) is 23.4 Å². The Morgan fingerprint density at radius 2 is 2.19 bits per heavy atom. The van der Waals surface area contributed by atoms with Crippen molar-refractivity contribution in [2.75, 3.05) is 5.88 Å². The van der Waals surface area contributed by atoms with Crippen molar-refractivity contribution < 1.29 is 0 Å². The number of hydrogen-bond acceptors (Lipinski definition) is 2. The van der Waals surface area contributed by atoms with Crippen LogP contribution in [0.25, 0.3) is 0 Å². The third-order valence-electron chi connectivity index (χ3n) is 2.47. The summed E-state index contributed by atoms with van der Waals surface area (Å²) in [6.45, 7) is 7.10. The van der Waals surface area contributed by atoms with Crippen LogP contribution in [0.1, 0.15) is 31.7 Å². The zero-order valence-electron chi connectivity index (χ0n) is 9.96. The van der Waals surface area contributed by atoms with Crippen LogP contribution in [0, 0.1) is 6.92 Å². The average Bonchev–Trinajstić information content (AvgIpc) is 2.53. The van der Waals surface area contributed by atoms with Crippen LogP contribution in [-0.4, -0.2) is 20.9 Å². The topological polar surface area (TPSA) is 17.8 Å². The Morgan fingerprint density at radius 3 is 2.75 bits per heavy atom. The summed E-state index contributed by atoms with van der Waals surface area (Å²) in [5, 5.41) is 5.77. The van der Waals surface area contributed by atoms with Gasteiger partial charge in [0, 0.05) is 23.4 Å². The molecular formula is C11H18Cl2N2S. The zero-order valence-corrected chi connectivity index (χ0v) is 12.3. The third kappa shape index (κ3) is 3.57. The van der Waals surface area contributed by atoms with Crippen LogP contribution in [0.5, 0.6) is 0 Å². The van der Waals surface area contributed by atoms with Crippen LogP contribution >= 0.6 is 35.0 Å². The number of alkyl halides is 1. The van der Waals surface area contributed by atoms with Crippen LogP contribution in [0.2, 0.25) is 5.02 Å². The summed E-state index contributed by atoms with van der Waals surface area (Å²) in [7, 11) is 0. The van der Waals surface area contributed by atoms with Crippen molar-refractivity contribution in [3.63, 3.8) is 0 Å². The maximum Gasteiger partial charge on any atom is 0.0855 e. The summed E-state index contributed by atoms with van der Waals surface area (Å²) >= 11 is 13.8. The Hall–Kier alpha value is 0.140. The molecule has 0 bridgehead atoms. The Balaban J connectivity index is 2.65. The highest BCUT2D eigenvalue weighted by molar-refractivity contribution is 7.99. The second-order valence-corrected chi connectivity index (χ2v) is 5.94. The smallest absolute Gasteiger partial charge is 0.0855 e. The molecule has 1 heterocycles. The minimum Gasteiger partial charge on any atom is -0.267 e. The lowest BCUT2D eigenvalue weighted by molar-refractivity contribution is 0.631. The second kappa shape index (κ2) is 6.77. The van der Waals surface area contributed by atoms with Crippen LogP contribution in [-0.2, 0) is 12.3 Å². The van der Waals surface area contributed by atoms with Crippen molar-refractivity contribution in [3.8, 4) is 0 Å². The normalized spacial score (nSPS) is 13.1. The van der Waals surface area contributed by atoms with Crippen LogP contribution in [0.4, 0.5) is 0 Å². The zero-order chi connectivity index (χ0) is 12.1. The van der Waals surface area contributed by atoms with Crippen molar-refractivity contribution in [2.45, 2.75) is 44.7 Å². The van der Waals surface area contributed by atoms with Crippen molar-refractivity contribution in [2.24, 2.45) is 0 Å². The van der Waals surface area contributed by atoms with Crippen LogP contribution < -0.4 is 0 Å². The molecule has 1 aromatic heterocycles. The third-order valence-corrected chi connectivity index (χ3v) is 4.43. The molecule has 0 saturated heterocycles. The fourth-order valence-corrected chi connectivity index (χ4v) is 3.22. The molecular weight excluding hydrogens is 263 g/mol. The first-order valence-electron chi connectivity index (χ1n) is 5.49. The minimum absolute atomic E-state index is 0.564. The van der Waals surface area contributed by atoms with Gasteiger partial charge in [0.2, 0.25) is 0 Å². The number of aryl methyl sites for hydroxylation is 2. The van der Waals surface area contributed by atoms with E-state index in [1.165, 1.54) is 0 Å². The molecule has 16 heavy (non-hydrogen) atoms. The van der Waals surface area contributed by atoms with Gasteiger partial charge in [-0.1, -0.05) is 18.5 Å². The first kappa shape index (κ1) is 14.2. The molecule has 0 aliphatic carbocycles. The van der Waals surface area contributed by atoms with Gasteiger partial charge in [-0.05, 0) is 20.3 Å². The van der Waals surface area contributed by atoms with E-state index < -0.39 is 0 Å². The van der Waals surface area contributed by atoms with Crippen molar-refractivity contribution >= 4 is 35.0 Å². The molecule has 92 valence electrons. The highest BCUT2D eigenvalue weighted by Gasteiger charge is 2.13. The molecule has 1 rings (SSSR count). The van der Waals surface area contributed by atoms with Gasteiger partial charge in [-0.25, -0.2) is 0 Å². The fraction of sp³-hybridized carbons (Fsp3) is 0.727. The van der Waals surface area contributed by atoms with E-state index in [0.717, 1.165) is 35.1 Å². The molecule has 0 saturated carbocycles. The van der Waals surface area contributed by atoms with Crippen molar-refractivity contribution in [1.29, 1.82) is 0 Å². The number of aromatic nitrogens is 2. The molecule has 0 aromatic carbocycles. The average molecular weight is 281 g/mol. The van der Waals surface area contributed by atoms with Gasteiger partial charge in [0.15, 0.2) is 0 Å². The standard InChI is InChI=1S/C11H18Cl2N2S/c1-4-15-10(11(13)9(3)14-15)7-16-8(2)5-6-12/h8H,4-7H2,1-3H3. The quantitative estimate of drug-likeness (QED) is 0.730. The number of hydrogen-bond donors (Lipinski definition) is 0. The highest BCUT2D eigenvalue weighted by atomic mass is 35.5. The Kier molecular flexibility index (Phi) is 6.01. The lowest BCUT2D eigenvalue weighted by Gasteiger charge is -2.10. The Labute approximate surface area is 112 Å². The van der Waals surface area contributed by atoms with E-state index in [4.69, 9.17) is 23.2 Å². The molecule has 0 amide bonds. The van der Waals surface area contributed by atoms with Gasteiger partial charge in [0.1, 0.15) is 0 Å². The van der Waals surface area contributed by atoms with Gasteiger partial charge in [0.05, 0.1) is 16.4 Å². The molecule has 0 fully saturated rings. The van der Waals surface area contributed by atoms with E-state index in [-0.39, 0.29) is 0 Å². The van der Waals surface area contributed by atoms with E-state index in [2.05, 4.69) is 18.9 Å². The molecule has 0 N–H and O–H groups in total. The highest BCUT2D eigenvalue weighted by Crippen LogP contribution is 2.27. The predicted octanol–water partition coefficient (Wildman–Crippen LogP) is 4.12. The molecule has 2 nitrogen and oxygen atoms in total. The predicted molar refractivity (Wildman–Crippen MR) is 73.7 cm³/mol. The summed E-state index contributed by atoms with van der Waals surface area (Å²) < 4.78 is 1.98. The summed E-state index contributed by atoms with van der Waals surface area (Å²) in [4.78, 5) is 0. The van der Waals surface area contributed by atoms with E-state index in [0.29, 0.717) is 11.1 Å². The lowest BCUT2D eigenvalue weighted by Crippen LogP contribution is -2.04. The molecule has 1 atom stereocenters. The monoisotopic (exact) mass is 280 g/mol. The van der Waals surface area contributed by atoms with Gasteiger partial charge in [-0.2, -0.15) is 16.9 Å². The molecule has 0 aliphatic heterocycles. The van der Waals surface area contributed by atoms with Gasteiger partial charge in [0.25, 0.3) is 0 Å². The SMILES string of the molecule is CCn1nc(C)c(Cl)c1CSC(C)CCCl. The van der Waals surface area contributed by atoms with Crippen LogP contribution in [0.15, 0.2) is 0 Å². The molecule has 1 aromatic rings. The first-order valence-corrected chi connectivity index (χ1v) is 7.45. The summed E-state index contributed by atoms with van der Waals surface area (Å²) in [6.07, 6.45) is 1.03. The van der Waals surface area contributed by atoms with E-state index in [9.17, 15) is 0 Å². The number of halogens is 2. The number of thioether (sulfide) groups is 1. The first-order chi connectivity index (χ1) is 7.60. The Morgan fingerprint density at radius 1 is 1.50 bits per heavy atom. The second-order valence-electron chi connectivity index (χ2n) is 3.76. The maximum absolute atomic E-state index is 6.23. The molecule has 0 radical (unpaired) electrons. The lowest BCUT2D eigenvalue weighted by atomic mass is 10.4. The number of nitrogens with zero attached hydrogens (tertiary/aromatic N) is 2. The maximum atomic E-state index is 6.23. The van der Waals surface area contributed by atoms with Gasteiger partial charge < -0.3 is 0 Å². The molecule has 5 heteroatoms. The largest absolute Gasteiger partial charge is 0.267 e. The summed E-state index contributed by atoms with van der Waals surface area (Å²) in [5.74, 6) is 1.62. The van der Waals surface area contributed by atoms with E-state index in [1.54, 1.807) is 0 Å². The summed E-state index contributed by atoms with van der Waals surface area (Å²) in [6, 6.07) is 0. The fourth-order valence-electron chi connectivity index (χ4n) is 1.47.